The zero-order valence-corrected chi connectivity index (χ0v) is 16.5. The van der Waals surface area contributed by atoms with Gasteiger partial charge in [-0.25, -0.2) is 0 Å². The van der Waals surface area contributed by atoms with Crippen molar-refractivity contribution in [2.45, 2.75) is 38.5 Å². The van der Waals surface area contributed by atoms with E-state index in [2.05, 4.69) is 0 Å². The Bertz CT molecular complexity index is 949. The number of hydrogen-bond donors (Lipinski definition) is 0. The fraction of sp³-hybridized carbons (Fsp3) is 0.304. The van der Waals surface area contributed by atoms with E-state index < -0.39 is 0 Å². The third-order valence-electron chi connectivity index (χ3n) is 5.35. The van der Waals surface area contributed by atoms with E-state index in [1.165, 1.54) is 0 Å². The molecule has 2 aromatic carbocycles. The van der Waals surface area contributed by atoms with Crippen LogP contribution in [0, 0.1) is 0 Å². The fourth-order valence-corrected chi connectivity index (χ4v) is 4.33. The second-order valence-electron chi connectivity index (χ2n) is 7.07. The molecule has 0 N–H and O–H groups in total. The van der Waals surface area contributed by atoms with E-state index >= 15 is 0 Å². The van der Waals surface area contributed by atoms with Crippen LogP contribution in [0.25, 0.3) is 0 Å². The minimum atomic E-state index is -0.262. The Balaban J connectivity index is 1.85. The fourth-order valence-electron chi connectivity index (χ4n) is 4.20. The normalized spacial score (nSPS) is 19.6. The van der Waals surface area contributed by atoms with Crippen LogP contribution in [0.3, 0.4) is 0 Å². The molecular weight excluding hydrogens is 374 g/mol. The monoisotopic (exact) mass is 395 g/mol. The van der Waals surface area contributed by atoms with E-state index in [4.69, 9.17) is 16.3 Å². The van der Waals surface area contributed by atoms with E-state index in [-0.39, 0.29) is 24.0 Å². The first kappa shape index (κ1) is 18.8. The number of para-hydroxylation sites is 1. The van der Waals surface area contributed by atoms with Crippen LogP contribution >= 0.6 is 11.6 Å². The molecule has 0 saturated carbocycles. The van der Waals surface area contributed by atoms with Crippen LogP contribution in [0.2, 0.25) is 5.02 Å². The molecule has 2 aromatic rings. The molecule has 0 aromatic heterocycles. The summed E-state index contributed by atoms with van der Waals surface area (Å²) in [4.78, 5) is 27.9. The summed E-state index contributed by atoms with van der Waals surface area (Å²) in [5.41, 5.74) is 3.25. The van der Waals surface area contributed by atoms with Crippen molar-refractivity contribution < 1.29 is 14.3 Å². The van der Waals surface area contributed by atoms with Crippen LogP contribution < -0.4 is 9.64 Å². The molecule has 1 heterocycles. The molecule has 1 atom stereocenters. The van der Waals surface area contributed by atoms with E-state index in [0.717, 1.165) is 34.7 Å². The number of anilines is 1. The lowest BCUT2D eigenvalue weighted by Crippen LogP contribution is -2.40. The summed E-state index contributed by atoms with van der Waals surface area (Å²) in [7, 11) is 0. The summed E-state index contributed by atoms with van der Waals surface area (Å²) in [6.45, 7) is 2.47. The Labute approximate surface area is 169 Å². The summed E-state index contributed by atoms with van der Waals surface area (Å²) in [6.07, 6.45) is 2.24. The number of carbonyl (C=O) groups excluding carboxylic acids is 2. The smallest absolute Gasteiger partial charge is 0.232 e. The summed E-state index contributed by atoms with van der Waals surface area (Å²) < 4.78 is 5.79. The third kappa shape index (κ3) is 3.33. The van der Waals surface area contributed by atoms with Gasteiger partial charge in [0.2, 0.25) is 5.91 Å². The topological polar surface area (TPSA) is 46.6 Å². The lowest BCUT2D eigenvalue weighted by Gasteiger charge is -2.38. The second-order valence-corrected chi connectivity index (χ2v) is 7.51. The highest BCUT2D eigenvalue weighted by molar-refractivity contribution is 6.30. The number of hydrogen-bond acceptors (Lipinski definition) is 3. The molecule has 1 amide bonds. The van der Waals surface area contributed by atoms with E-state index in [1.807, 2.05) is 43.3 Å². The van der Waals surface area contributed by atoms with Gasteiger partial charge in [-0.15, -0.1) is 0 Å². The summed E-state index contributed by atoms with van der Waals surface area (Å²) in [6, 6.07) is 14.9. The molecule has 28 heavy (non-hydrogen) atoms. The number of nitrogens with zero attached hydrogens (tertiary/aromatic N) is 1. The van der Waals surface area contributed by atoms with Crippen molar-refractivity contribution in [2.75, 3.05) is 11.5 Å². The highest BCUT2D eigenvalue weighted by atomic mass is 35.5. The lowest BCUT2D eigenvalue weighted by atomic mass is 9.77. The predicted octanol–water partition coefficient (Wildman–Crippen LogP) is 5.27. The molecule has 1 aliphatic heterocycles. The first-order chi connectivity index (χ1) is 13.6. The average molecular weight is 396 g/mol. The lowest BCUT2D eigenvalue weighted by molar-refractivity contribution is -0.119. The highest BCUT2D eigenvalue weighted by Gasteiger charge is 2.40. The van der Waals surface area contributed by atoms with Gasteiger partial charge < -0.3 is 4.74 Å². The average Bonchev–Trinajstić information content (AvgIpc) is 2.69. The molecule has 2 aliphatic rings. The zero-order chi connectivity index (χ0) is 19.7. The van der Waals surface area contributed by atoms with Crippen molar-refractivity contribution in [3.63, 3.8) is 0 Å². The Morgan fingerprint density at radius 2 is 1.82 bits per heavy atom. The van der Waals surface area contributed by atoms with Crippen LogP contribution in [-0.2, 0) is 9.59 Å². The third-order valence-corrected chi connectivity index (χ3v) is 5.61. The molecule has 5 heteroatoms. The van der Waals surface area contributed by atoms with Crippen molar-refractivity contribution in [1.82, 2.24) is 0 Å². The van der Waals surface area contributed by atoms with Crippen molar-refractivity contribution in [3.05, 3.63) is 70.4 Å². The Morgan fingerprint density at radius 3 is 2.57 bits per heavy atom. The van der Waals surface area contributed by atoms with Crippen LogP contribution in [0.15, 0.2) is 59.8 Å². The van der Waals surface area contributed by atoms with Gasteiger partial charge in [-0.3, -0.25) is 14.5 Å². The number of rotatable bonds is 4. The van der Waals surface area contributed by atoms with Gasteiger partial charge in [0.15, 0.2) is 5.78 Å². The number of benzene rings is 2. The first-order valence-corrected chi connectivity index (χ1v) is 10.0. The van der Waals surface area contributed by atoms with Crippen molar-refractivity contribution in [1.29, 1.82) is 0 Å². The molecule has 144 valence electrons. The van der Waals surface area contributed by atoms with E-state index in [9.17, 15) is 9.59 Å². The van der Waals surface area contributed by atoms with Gasteiger partial charge >= 0.3 is 0 Å². The van der Waals surface area contributed by atoms with Gasteiger partial charge in [-0.2, -0.15) is 0 Å². The summed E-state index contributed by atoms with van der Waals surface area (Å²) in [5.74, 6) is 0.602. The van der Waals surface area contributed by atoms with Gasteiger partial charge in [-0.1, -0.05) is 29.8 Å². The van der Waals surface area contributed by atoms with Crippen LogP contribution in [0.1, 0.15) is 44.1 Å². The highest BCUT2D eigenvalue weighted by Crippen LogP contribution is 2.45. The van der Waals surface area contributed by atoms with Crippen LogP contribution in [-0.4, -0.2) is 18.3 Å². The quantitative estimate of drug-likeness (QED) is 0.708. The maximum absolute atomic E-state index is 13.2. The number of ether oxygens (including phenoxy) is 1. The molecule has 1 unspecified atom stereocenters. The Hall–Kier alpha value is -2.59. The molecule has 4 rings (SSSR count). The maximum atomic E-state index is 13.2. The summed E-state index contributed by atoms with van der Waals surface area (Å²) in [5, 5.41) is 0.616. The Morgan fingerprint density at radius 1 is 1.07 bits per heavy atom. The predicted molar refractivity (Wildman–Crippen MR) is 110 cm³/mol. The summed E-state index contributed by atoms with van der Waals surface area (Å²) >= 11 is 6.01. The molecule has 0 bridgehead atoms. The van der Waals surface area contributed by atoms with Gasteiger partial charge in [0.25, 0.3) is 0 Å². The second kappa shape index (κ2) is 7.80. The maximum Gasteiger partial charge on any atom is 0.232 e. The van der Waals surface area contributed by atoms with Gasteiger partial charge in [0, 0.05) is 46.3 Å². The van der Waals surface area contributed by atoms with Crippen LogP contribution in [0.5, 0.6) is 5.75 Å². The molecule has 0 radical (unpaired) electrons. The molecular formula is C23H22ClNO3. The van der Waals surface area contributed by atoms with Crippen LogP contribution in [0.4, 0.5) is 5.69 Å². The standard InChI is InChI=1S/C23H22ClNO3/c1-2-28-21-9-4-3-6-17(21)18-14-22(27)25(16-12-10-15(24)11-13-16)19-7-5-8-20(26)23(18)19/h3-4,6,9-13,18H,2,5,7-8,14H2,1H3. The minimum Gasteiger partial charge on any atom is -0.494 e. The zero-order valence-electron chi connectivity index (χ0n) is 15.8. The number of halogens is 1. The van der Waals surface area contributed by atoms with Crippen molar-refractivity contribution in [3.8, 4) is 5.75 Å². The van der Waals surface area contributed by atoms with E-state index in [1.54, 1.807) is 17.0 Å². The number of Topliss-reactive ketones (excluding diaryl/α,β-unsaturated/α-hetero) is 1. The largest absolute Gasteiger partial charge is 0.494 e. The van der Waals surface area contributed by atoms with Gasteiger partial charge in [-0.05, 0) is 50.1 Å². The molecule has 0 fully saturated rings. The molecule has 0 saturated heterocycles. The molecule has 1 aliphatic carbocycles. The van der Waals surface area contributed by atoms with Gasteiger partial charge in [0.1, 0.15) is 5.75 Å². The van der Waals surface area contributed by atoms with Crippen molar-refractivity contribution >= 4 is 29.0 Å². The number of carbonyl (C=O) groups is 2. The van der Waals surface area contributed by atoms with E-state index in [0.29, 0.717) is 24.5 Å². The number of ketones is 1. The van der Waals surface area contributed by atoms with Crippen molar-refractivity contribution in [2.24, 2.45) is 0 Å². The number of allylic oxidation sites excluding steroid dienone is 2. The number of amides is 1. The molecule has 4 nitrogen and oxygen atoms in total. The minimum absolute atomic E-state index is 0.00734. The Kier molecular flexibility index (Phi) is 5.23. The SMILES string of the molecule is CCOc1ccccc1C1CC(=O)N(c2ccc(Cl)cc2)C2=C1C(=O)CCC2. The van der Waals surface area contributed by atoms with Gasteiger partial charge in [0.05, 0.1) is 6.61 Å². The molecule has 0 spiro atoms. The first-order valence-electron chi connectivity index (χ1n) is 9.66.